The predicted molar refractivity (Wildman–Crippen MR) is 76.5 cm³/mol. The molecule has 0 unspecified atom stereocenters. The molecular formula is C16H14FNO2. The maximum absolute atomic E-state index is 12.7. The van der Waals surface area contributed by atoms with E-state index >= 15 is 0 Å². The van der Waals surface area contributed by atoms with Crippen molar-refractivity contribution in [1.82, 2.24) is 0 Å². The highest BCUT2D eigenvalue weighted by Crippen LogP contribution is 2.08. The molecule has 2 N–H and O–H groups in total. The summed E-state index contributed by atoms with van der Waals surface area (Å²) in [6.45, 7) is 0. The quantitative estimate of drug-likeness (QED) is 0.898. The van der Waals surface area contributed by atoms with Crippen LogP contribution >= 0.6 is 0 Å². The Hall–Kier alpha value is -2.46. The van der Waals surface area contributed by atoms with Crippen molar-refractivity contribution in [3.05, 3.63) is 72.1 Å². The first-order chi connectivity index (χ1) is 9.65. The second kappa shape index (κ2) is 6.63. The van der Waals surface area contributed by atoms with Crippen LogP contribution in [0.5, 0.6) is 0 Å². The molecule has 0 aliphatic carbocycles. The third-order valence-electron chi connectivity index (χ3n) is 2.65. The second-order valence-corrected chi connectivity index (χ2v) is 4.21. The lowest BCUT2D eigenvalue weighted by Gasteiger charge is -2.07. The highest BCUT2D eigenvalue weighted by atomic mass is 19.1. The molecule has 0 aromatic heterocycles. The largest absolute Gasteiger partial charge is 0.379 e. The summed E-state index contributed by atoms with van der Waals surface area (Å²) in [5.41, 5.74) is 1.32. The van der Waals surface area contributed by atoms with Crippen LogP contribution in [0.2, 0.25) is 0 Å². The van der Waals surface area contributed by atoms with Gasteiger partial charge < -0.3 is 10.4 Å². The van der Waals surface area contributed by atoms with Gasteiger partial charge >= 0.3 is 0 Å². The number of aliphatic hydroxyl groups excluding tert-OH is 1. The Morgan fingerprint density at radius 2 is 1.75 bits per heavy atom. The van der Waals surface area contributed by atoms with Gasteiger partial charge in [0.2, 0.25) is 0 Å². The molecule has 4 heteroatoms. The van der Waals surface area contributed by atoms with Crippen molar-refractivity contribution in [3.8, 4) is 0 Å². The number of hydrogen-bond acceptors (Lipinski definition) is 2. The summed E-state index contributed by atoms with van der Waals surface area (Å²) in [6, 6.07) is 14.6. The van der Waals surface area contributed by atoms with Crippen LogP contribution in [-0.4, -0.2) is 17.1 Å². The minimum atomic E-state index is -1.26. The lowest BCUT2D eigenvalue weighted by Crippen LogP contribution is -2.25. The molecule has 0 spiro atoms. The zero-order valence-electron chi connectivity index (χ0n) is 10.7. The SMILES string of the molecule is O=C(Nc1ccccc1)[C@H](O)/C=C/c1ccc(F)cc1. The van der Waals surface area contributed by atoms with E-state index in [9.17, 15) is 14.3 Å². The molecule has 0 saturated carbocycles. The Kier molecular flexibility index (Phi) is 4.63. The van der Waals surface area contributed by atoms with Gasteiger partial charge in [-0.05, 0) is 35.9 Å². The van der Waals surface area contributed by atoms with Crippen LogP contribution in [0, 0.1) is 5.82 Å². The number of halogens is 1. The van der Waals surface area contributed by atoms with Crippen molar-refractivity contribution in [1.29, 1.82) is 0 Å². The first-order valence-electron chi connectivity index (χ1n) is 6.13. The number of carbonyl (C=O) groups is 1. The van der Waals surface area contributed by atoms with Crippen molar-refractivity contribution in [2.75, 3.05) is 5.32 Å². The van der Waals surface area contributed by atoms with Gasteiger partial charge in [-0.25, -0.2) is 4.39 Å². The summed E-state index contributed by atoms with van der Waals surface area (Å²) in [6.07, 6.45) is 1.65. The van der Waals surface area contributed by atoms with Crippen molar-refractivity contribution in [2.45, 2.75) is 6.10 Å². The fourth-order valence-electron chi connectivity index (χ4n) is 1.60. The van der Waals surface area contributed by atoms with Gasteiger partial charge in [0.25, 0.3) is 5.91 Å². The molecule has 0 bridgehead atoms. The number of nitrogens with one attached hydrogen (secondary N) is 1. The Morgan fingerprint density at radius 1 is 1.10 bits per heavy atom. The standard InChI is InChI=1S/C16H14FNO2/c17-13-9-6-12(7-10-13)8-11-15(19)16(20)18-14-4-2-1-3-5-14/h1-11,15,19H,(H,18,20)/b11-8+/t15-/m1/s1. The molecule has 1 amide bonds. The Balaban J connectivity index is 1.95. The molecule has 0 aliphatic rings. The van der Waals surface area contributed by atoms with E-state index in [0.29, 0.717) is 11.3 Å². The first-order valence-corrected chi connectivity index (χ1v) is 6.13. The molecule has 0 radical (unpaired) electrons. The maximum atomic E-state index is 12.7. The van der Waals surface area contributed by atoms with E-state index in [4.69, 9.17) is 0 Å². The average molecular weight is 271 g/mol. The van der Waals surface area contributed by atoms with Crippen molar-refractivity contribution < 1.29 is 14.3 Å². The lowest BCUT2D eigenvalue weighted by atomic mass is 10.2. The molecule has 2 aromatic rings. The number of hydrogen-bond donors (Lipinski definition) is 2. The second-order valence-electron chi connectivity index (χ2n) is 4.21. The average Bonchev–Trinajstić information content (AvgIpc) is 2.47. The van der Waals surface area contributed by atoms with Gasteiger partial charge in [0.05, 0.1) is 0 Å². The van der Waals surface area contributed by atoms with E-state index in [1.54, 1.807) is 42.5 Å². The van der Waals surface area contributed by atoms with Crippen LogP contribution in [0.1, 0.15) is 5.56 Å². The van der Waals surface area contributed by atoms with Gasteiger partial charge in [0, 0.05) is 5.69 Å². The highest BCUT2D eigenvalue weighted by Gasteiger charge is 2.11. The summed E-state index contributed by atoms with van der Waals surface area (Å²) >= 11 is 0. The van der Waals surface area contributed by atoms with Crippen LogP contribution in [0.25, 0.3) is 6.08 Å². The number of carbonyl (C=O) groups excluding carboxylic acids is 1. The van der Waals surface area contributed by atoms with Gasteiger partial charge in [-0.2, -0.15) is 0 Å². The Morgan fingerprint density at radius 3 is 2.40 bits per heavy atom. The topological polar surface area (TPSA) is 49.3 Å². The van der Waals surface area contributed by atoms with Crippen molar-refractivity contribution in [3.63, 3.8) is 0 Å². The molecule has 0 heterocycles. The molecule has 0 fully saturated rings. The monoisotopic (exact) mass is 271 g/mol. The smallest absolute Gasteiger partial charge is 0.257 e. The van der Waals surface area contributed by atoms with Crippen LogP contribution in [0.3, 0.4) is 0 Å². The maximum Gasteiger partial charge on any atom is 0.257 e. The molecule has 0 aliphatic heterocycles. The zero-order chi connectivity index (χ0) is 14.4. The summed E-state index contributed by atoms with van der Waals surface area (Å²) in [4.78, 5) is 11.7. The van der Waals surface area contributed by atoms with Gasteiger partial charge in [-0.15, -0.1) is 0 Å². The van der Waals surface area contributed by atoms with Crippen LogP contribution in [0.4, 0.5) is 10.1 Å². The number of benzene rings is 2. The molecule has 2 rings (SSSR count). The number of anilines is 1. The normalized spacial score (nSPS) is 12.3. The molecule has 1 atom stereocenters. The third-order valence-corrected chi connectivity index (χ3v) is 2.65. The van der Waals surface area contributed by atoms with E-state index < -0.39 is 12.0 Å². The lowest BCUT2D eigenvalue weighted by molar-refractivity contribution is -0.121. The van der Waals surface area contributed by atoms with Gasteiger partial charge in [-0.1, -0.05) is 36.4 Å². The summed E-state index contributed by atoms with van der Waals surface area (Å²) < 4.78 is 12.7. The summed E-state index contributed by atoms with van der Waals surface area (Å²) in [5, 5.41) is 12.3. The number of amides is 1. The molecule has 3 nitrogen and oxygen atoms in total. The van der Waals surface area contributed by atoms with Crippen LogP contribution in [-0.2, 0) is 4.79 Å². The van der Waals surface area contributed by atoms with E-state index in [2.05, 4.69) is 5.32 Å². The van der Waals surface area contributed by atoms with Crippen molar-refractivity contribution >= 4 is 17.7 Å². The van der Waals surface area contributed by atoms with Gasteiger partial charge in [0.15, 0.2) is 6.10 Å². The van der Waals surface area contributed by atoms with Crippen molar-refractivity contribution in [2.24, 2.45) is 0 Å². The summed E-state index contributed by atoms with van der Waals surface area (Å²) in [5.74, 6) is -0.848. The van der Waals surface area contributed by atoms with Gasteiger partial charge in [-0.3, -0.25) is 4.79 Å². The fraction of sp³-hybridized carbons (Fsp3) is 0.0625. The number of para-hydroxylation sites is 1. The van der Waals surface area contributed by atoms with E-state index in [0.717, 1.165) is 0 Å². The third kappa shape index (κ3) is 4.03. The molecular weight excluding hydrogens is 257 g/mol. The fourth-order valence-corrected chi connectivity index (χ4v) is 1.60. The van der Waals surface area contributed by atoms with Crippen LogP contribution in [0.15, 0.2) is 60.7 Å². The molecule has 0 saturated heterocycles. The highest BCUT2D eigenvalue weighted by molar-refractivity contribution is 5.95. The minimum Gasteiger partial charge on any atom is -0.379 e. The Labute approximate surface area is 116 Å². The van der Waals surface area contributed by atoms with Crippen LogP contribution < -0.4 is 5.32 Å². The first kappa shape index (κ1) is 14.0. The molecule has 20 heavy (non-hydrogen) atoms. The number of aliphatic hydroxyl groups is 1. The van der Waals surface area contributed by atoms with E-state index in [1.807, 2.05) is 6.07 Å². The molecule has 2 aromatic carbocycles. The predicted octanol–water partition coefficient (Wildman–Crippen LogP) is 2.84. The van der Waals surface area contributed by atoms with Gasteiger partial charge in [0.1, 0.15) is 5.82 Å². The summed E-state index contributed by atoms with van der Waals surface area (Å²) in [7, 11) is 0. The minimum absolute atomic E-state index is 0.329. The van der Waals surface area contributed by atoms with E-state index in [-0.39, 0.29) is 5.82 Å². The zero-order valence-corrected chi connectivity index (χ0v) is 10.7. The van der Waals surface area contributed by atoms with E-state index in [1.165, 1.54) is 18.2 Å². The Bertz CT molecular complexity index is 594. The molecule has 102 valence electrons. The number of rotatable bonds is 4.